The summed E-state index contributed by atoms with van der Waals surface area (Å²) in [4.78, 5) is 26.9. The van der Waals surface area contributed by atoms with Crippen molar-refractivity contribution in [2.24, 2.45) is 5.92 Å². The topological polar surface area (TPSA) is 49.9 Å². The zero-order chi connectivity index (χ0) is 12.3. The smallest absolute Gasteiger partial charge is 0.319 e. The molecule has 96 valence electrons. The van der Waals surface area contributed by atoms with Gasteiger partial charge in [0.1, 0.15) is 0 Å². The lowest BCUT2D eigenvalue weighted by Crippen LogP contribution is -2.50. The first-order valence-corrected chi connectivity index (χ1v) is 6.26. The average molecular weight is 240 g/mol. The molecule has 17 heavy (non-hydrogen) atoms. The molecule has 2 aliphatic rings. The van der Waals surface area contributed by atoms with Crippen LogP contribution in [0.25, 0.3) is 0 Å². The van der Waals surface area contributed by atoms with Crippen molar-refractivity contribution >= 4 is 11.9 Å². The summed E-state index contributed by atoms with van der Waals surface area (Å²) in [7, 11) is 1.40. The minimum absolute atomic E-state index is 0.206. The summed E-state index contributed by atoms with van der Waals surface area (Å²) in [5.74, 6) is 0.726. The summed E-state index contributed by atoms with van der Waals surface area (Å²) < 4.78 is 4.63. The number of esters is 1. The Morgan fingerprint density at radius 2 is 1.82 bits per heavy atom. The molecule has 0 atom stereocenters. The molecule has 5 nitrogen and oxygen atoms in total. The zero-order valence-corrected chi connectivity index (χ0v) is 10.4. The third-order valence-electron chi connectivity index (χ3n) is 3.47. The fourth-order valence-corrected chi connectivity index (χ4v) is 2.10. The van der Waals surface area contributed by atoms with Gasteiger partial charge in [-0.2, -0.15) is 0 Å². The van der Waals surface area contributed by atoms with Gasteiger partial charge in [0.15, 0.2) is 0 Å². The van der Waals surface area contributed by atoms with Crippen molar-refractivity contribution < 1.29 is 14.3 Å². The SMILES string of the molecule is COC(=O)CN1CCN(C(=O)CC2CC2)CC1. The van der Waals surface area contributed by atoms with Gasteiger partial charge in [-0.05, 0) is 18.8 Å². The summed E-state index contributed by atoms with van der Waals surface area (Å²) in [5, 5.41) is 0. The lowest BCUT2D eigenvalue weighted by atomic mass is 10.2. The number of amides is 1. The highest BCUT2D eigenvalue weighted by atomic mass is 16.5. The van der Waals surface area contributed by atoms with Gasteiger partial charge in [-0.25, -0.2) is 0 Å². The van der Waals surface area contributed by atoms with Crippen molar-refractivity contribution in [3.8, 4) is 0 Å². The highest BCUT2D eigenvalue weighted by molar-refractivity contribution is 5.77. The molecule has 0 spiro atoms. The molecule has 1 aliphatic carbocycles. The van der Waals surface area contributed by atoms with Crippen molar-refractivity contribution in [1.29, 1.82) is 0 Å². The number of carbonyl (C=O) groups is 2. The molecular formula is C12H20N2O3. The van der Waals surface area contributed by atoms with Crippen LogP contribution in [-0.2, 0) is 14.3 Å². The lowest BCUT2D eigenvalue weighted by Gasteiger charge is -2.34. The van der Waals surface area contributed by atoms with E-state index in [9.17, 15) is 9.59 Å². The van der Waals surface area contributed by atoms with Gasteiger partial charge in [0.2, 0.25) is 5.91 Å². The van der Waals surface area contributed by atoms with E-state index in [1.807, 2.05) is 9.80 Å². The molecule has 0 unspecified atom stereocenters. The van der Waals surface area contributed by atoms with Crippen LogP contribution < -0.4 is 0 Å². The molecule has 1 heterocycles. The standard InChI is InChI=1S/C12H20N2O3/c1-17-12(16)9-13-4-6-14(7-5-13)11(15)8-10-2-3-10/h10H,2-9H2,1H3. The molecule has 0 aromatic rings. The first kappa shape index (κ1) is 12.4. The monoisotopic (exact) mass is 240 g/mol. The maximum Gasteiger partial charge on any atom is 0.319 e. The molecule has 0 aromatic heterocycles. The maximum atomic E-state index is 11.8. The number of carbonyl (C=O) groups excluding carboxylic acids is 2. The Balaban J connectivity index is 1.69. The van der Waals surface area contributed by atoms with Crippen LogP contribution in [-0.4, -0.2) is 61.5 Å². The number of nitrogens with zero attached hydrogens (tertiary/aromatic N) is 2. The van der Waals surface area contributed by atoms with Gasteiger partial charge >= 0.3 is 5.97 Å². The molecule has 2 fully saturated rings. The van der Waals surface area contributed by atoms with Crippen LogP contribution in [0.5, 0.6) is 0 Å². The van der Waals surface area contributed by atoms with Gasteiger partial charge in [0.25, 0.3) is 0 Å². The van der Waals surface area contributed by atoms with E-state index >= 15 is 0 Å². The molecule has 2 rings (SSSR count). The van der Waals surface area contributed by atoms with Crippen LogP contribution in [0.4, 0.5) is 0 Å². The van der Waals surface area contributed by atoms with Gasteiger partial charge < -0.3 is 9.64 Å². The second-order valence-electron chi connectivity index (χ2n) is 4.88. The number of piperazine rings is 1. The van der Waals surface area contributed by atoms with Crippen LogP contribution in [0.15, 0.2) is 0 Å². The molecule has 0 aromatic carbocycles. The second kappa shape index (κ2) is 5.49. The molecule has 0 bridgehead atoms. The van der Waals surface area contributed by atoms with Crippen LogP contribution in [0.1, 0.15) is 19.3 Å². The maximum absolute atomic E-state index is 11.8. The first-order chi connectivity index (χ1) is 8.19. The Labute approximate surface area is 102 Å². The van der Waals surface area contributed by atoms with E-state index in [1.165, 1.54) is 20.0 Å². The minimum atomic E-state index is -0.206. The molecular weight excluding hydrogens is 220 g/mol. The quantitative estimate of drug-likeness (QED) is 0.654. The number of hydrogen-bond donors (Lipinski definition) is 0. The summed E-state index contributed by atoms with van der Waals surface area (Å²) in [5.41, 5.74) is 0. The predicted octanol–water partition coefficient (Wildman–Crippen LogP) is 0.104. The van der Waals surface area contributed by atoms with Crippen molar-refractivity contribution in [3.05, 3.63) is 0 Å². The van der Waals surface area contributed by atoms with Crippen molar-refractivity contribution in [2.75, 3.05) is 39.8 Å². The normalized spacial score (nSPS) is 21.4. The van der Waals surface area contributed by atoms with Crippen LogP contribution in [0.2, 0.25) is 0 Å². The van der Waals surface area contributed by atoms with E-state index < -0.39 is 0 Å². The third kappa shape index (κ3) is 3.70. The van der Waals surface area contributed by atoms with Gasteiger partial charge in [-0.3, -0.25) is 14.5 Å². The number of hydrogen-bond acceptors (Lipinski definition) is 4. The van der Waals surface area contributed by atoms with Gasteiger partial charge in [0.05, 0.1) is 13.7 Å². The van der Waals surface area contributed by atoms with Crippen molar-refractivity contribution in [1.82, 2.24) is 9.80 Å². The Kier molecular flexibility index (Phi) is 3.99. The highest BCUT2D eigenvalue weighted by Crippen LogP contribution is 2.32. The lowest BCUT2D eigenvalue weighted by molar-refractivity contribution is -0.142. The summed E-state index contributed by atoms with van der Waals surface area (Å²) in [6, 6.07) is 0. The molecule has 5 heteroatoms. The second-order valence-corrected chi connectivity index (χ2v) is 4.88. The Morgan fingerprint density at radius 1 is 1.18 bits per heavy atom. The van der Waals surface area contributed by atoms with Crippen molar-refractivity contribution in [2.45, 2.75) is 19.3 Å². The number of rotatable bonds is 4. The Bertz CT molecular complexity index is 294. The van der Waals surface area contributed by atoms with Crippen LogP contribution in [0.3, 0.4) is 0 Å². The molecule has 1 saturated heterocycles. The summed E-state index contributed by atoms with van der Waals surface area (Å²) in [6.07, 6.45) is 3.15. The summed E-state index contributed by atoms with van der Waals surface area (Å²) >= 11 is 0. The molecule has 1 aliphatic heterocycles. The Hall–Kier alpha value is -1.10. The number of ether oxygens (including phenoxy) is 1. The molecule has 0 N–H and O–H groups in total. The van der Waals surface area contributed by atoms with E-state index in [0.717, 1.165) is 32.6 Å². The van der Waals surface area contributed by atoms with E-state index in [-0.39, 0.29) is 11.9 Å². The van der Waals surface area contributed by atoms with Gasteiger partial charge in [0, 0.05) is 32.6 Å². The molecule has 1 saturated carbocycles. The summed E-state index contributed by atoms with van der Waals surface area (Å²) in [6.45, 7) is 3.35. The molecule has 1 amide bonds. The van der Waals surface area contributed by atoms with E-state index in [2.05, 4.69) is 4.74 Å². The third-order valence-corrected chi connectivity index (χ3v) is 3.47. The van der Waals surface area contributed by atoms with Gasteiger partial charge in [-0.1, -0.05) is 0 Å². The van der Waals surface area contributed by atoms with Crippen LogP contribution >= 0.6 is 0 Å². The van der Waals surface area contributed by atoms with E-state index in [4.69, 9.17) is 0 Å². The predicted molar refractivity (Wildman–Crippen MR) is 62.4 cm³/mol. The zero-order valence-electron chi connectivity index (χ0n) is 10.4. The molecule has 0 radical (unpaired) electrons. The van der Waals surface area contributed by atoms with Crippen LogP contribution in [0, 0.1) is 5.92 Å². The fraction of sp³-hybridized carbons (Fsp3) is 0.833. The fourth-order valence-electron chi connectivity index (χ4n) is 2.10. The average Bonchev–Trinajstić information content (AvgIpc) is 3.13. The van der Waals surface area contributed by atoms with Crippen molar-refractivity contribution in [3.63, 3.8) is 0 Å². The highest BCUT2D eigenvalue weighted by Gasteiger charge is 2.28. The number of methoxy groups -OCH3 is 1. The van der Waals surface area contributed by atoms with Gasteiger partial charge in [-0.15, -0.1) is 0 Å². The van der Waals surface area contributed by atoms with E-state index in [0.29, 0.717) is 12.5 Å². The minimum Gasteiger partial charge on any atom is -0.468 e. The first-order valence-electron chi connectivity index (χ1n) is 6.26. The largest absolute Gasteiger partial charge is 0.468 e. The van der Waals surface area contributed by atoms with E-state index in [1.54, 1.807) is 0 Å². The Morgan fingerprint density at radius 3 is 2.35 bits per heavy atom.